The van der Waals surface area contributed by atoms with Crippen LogP contribution in [-0.4, -0.2) is 6.29 Å². The predicted molar refractivity (Wildman–Crippen MR) is 67.0 cm³/mol. The highest BCUT2D eigenvalue weighted by Gasteiger charge is 2.00. The monoisotopic (exact) mass is 230 g/mol. The quantitative estimate of drug-likeness (QED) is 0.709. The molecule has 0 saturated carbocycles. The zero-order valence-electron chi connectivity index (χ0n) is 8.91. The van der Waals surface area contributed by atoms with Gasteiger partial charge in [-0.2, -0.15) is 0 Å². The van der Waals surface area contributed by atoms with Crippen LogP contribution in [0.2, 0.25) is 5.02 Å². The summed E-state index contributed by atoms with van der Waals surface area (Å²) in [7, 11) is 0. The highest BCUT2D eigenvalue weighted by atomic mass is 35.5. The van der Waals surface area contributed by atoms with Crippen LogP contribution in [0.4, 0.5) is 0 Å². The van der Waals surface area contributed by atoms with Crippen molar-refractivity contribution in [2.24, 2.45) is 0 Å². The summed E-state index contributed by atoms with van der Waals surface area (Å²) in [6.45, 7) is 2.01. The SMILES string of the molecule is Cc1cc(Cl)cc(-c2ccc(C=O)cc2)c1. The molecular weight excluding hydrogens is 220 g/mol. The first-order valence-corrected chi connectivity index (χ1v) is 5.39. The predicted octanol–water partition coefficient (Wildman–Crippen LogP) is 4.13. The average molecular weight is 231 g/mol. The fourth-order valence-corrected chi connectivity index (χ4v) is 1.95. The Morgan fingerprint density at radius 1 is 1.00 bits per heavy atom. The molecule has 2 heteroatoms. The summed E-state index contributed by atoms with van der Waals surface area (Å²) in [5.74, 6) is 0. The molecule has 0 spiro atoms. The number of aryl methyl sites for hydroxylation is 1. The molecule has 1 nitrogen and oxygen atoms in total. The van der Waals surface area contributed by atoms with Crippen LogP contribution in [0.3, 0.4) is 0 Å². The second-order valence-electron chi connectivity index (χ2n) is 3.76. The summed E-state index contributed by atoms with van der Waals surface area (Å²) in [5.41, 5.74) is 3.95. The van der Waals surface area contributed by atoms with Crippen LogP contribution >= 0.6 is 11.6 Å². The van der Waals surface area contributed by atoms with Crippen LogP contribution in [-0.2, 0) is 0 Å². The maximum atomic E-state index is 10.5. The Balaban J connectivity index is 2.45. The summed E-state index contributed by atoms with van der Waals surface area (Å²) in [4.78, 5) is 10.5. The van der Waals surface area contributed by atoms with Gasteiger partial charge in [0.1, 0.15) is 6.29 Å². The number of hydrogen-bond acceptors (Lipinski definition) is 1. The van der Waals surface area contributed by atoms with Crippen molar-refractivity contribution in [1.82, 2.24) is 0 Å². The number of halogens is 1. The van der Waals surface area contributed by atoms with Crippen LogP contribution in [0.5, 0.6) is 0 Å². The number of rotatable bonds is 2. The number of benzene rings is 2. The van der Waals surface area contributed by atoms with Crippen LogP contribution in [0.15, 0.2) is 42.5 Å². The van der Waals surface area contributed by atoms with Gasteiger partial charge in [-0.15, -0.1) is 0 Å². The van der Waals surface area contributed by atoms with Gasteiger partial charge >= 0.3 is 0 Å². The molecule has 0 unspecified atom stereocenters. The first kappa shape index (κ1) is 10.9. The Morgan fingerprint density at radius 3 is 2.25 bits per heavy atom. The molecule has 2 aromatic rings. The standard InChI is InChI=1S/C14H11ClO/c1-10-6-13(8-14(15)7-10)12-4-2-11(9-16)3-5-12/h2-9H,1H3. The number of hydrogen-bond donors (Lipinski definition) is 0. The van der Waals surface area contributed by atoms with Gasteiger partial charge in [0.25, 0.3) is 0 Å². The van der Waals surface area contributed by atoms with Crippen molar-refractivity contribution in [1.29, 1.82) is 0 Å². The molecule has 0 aromatic heterocycles. The van der Waals surface area contributed by atoms with E-state index in [1.54, 1.807) is 12.1 Å². The van der Waals surface area contributed by atoms with E-state index in [0.29, 0.717) is 5.56 Å². The van der Waals surface area contributed by atoms with Gasteiger partial charge in [-0.05, 0) is 35.7 Å². The summed E-state index contributed by atoms with van der Waals surface area (Å²) >= 11 is 6.00. The molecule has 0 radical (unpaired) electrons. The molecule has 0 amide bonds. The molecule has 0 aliphatic carbocycles. The third-order valence-electron chi connectivity index (χ3n) is 2.42. The Kier molecular flexibility index (Phi) is 3.07. The molecule has 16 heavy (non-hydrogen) atoms. The second kappa shape index (κ2) is 4.50. The fourth-order valence-electron chi connectivity index (χ4n) is 1.66. The smallest absolute Gasteiger partial charge is 0.150 e. The summed E-state index contributed by atoms with van der Waals surface area (Å²) in [6, 6.07) is 13.4. The summed E-state index contributed by atoms with van der Waals surface area (Å²) in [6.07, 6.45) is 0.840. The average Bonchev–Trinajstić information content (AvgIpc) is 2.28. The van der Waals surface area contributed by atoms with Crippen molar-refractivity contribution in [2.45, 2.75) is 6.92 Å². The van der Waals surface area contributed by atoms with Crippen LogP contribution in [0.25, 0.3) is 11.1 Å². The number of carbonyl (C=O) groups is 1. The van der Waals surface area contributed by atoms with Crippen molar-refractivity contribution < 1.29 is 4.79 Å². The second-order valence-corrected chi connectivity index (χ2v) is 4.19. The van der Waals surface area contributed by atoms with Crippen LogP contribution in [0.1, 0.15) is 15.9 Å². The summed E-state index contributed by atoms with van der Waals surface area (Å²) in [5, 5.41) is 0.731. The van der Waals surface area contributed by atoms with E-state index in [-0.39, 0.29) is 0 Å². The van der Waals surface area contributed by atoms with Crippen molar-refractivity contribution in [3.63, 3.8) is 0 Å². The Hall–Kier alpha value is -1.60. The van der Waals surface area contributed by atoms with E-state index < -0.39 is 0 Å². The van der Waals surface area contributed by atoms with Gasteiger partial charge < -0.3 is 0 Å². The molecule has 0 atom stereocenters. The normalized spacial score (nSPS) is 10.1. The third-order valence-corrected chi connectivity index (χ3v) is 2.64. The molecular formula is C14H11ClO. The lowest BCUT2D eigenvalue weighted by atomic mass is 10.0. The van der Waals surface area contributed by atoms with Gasteiger partial charge in [0, 0.05) is 10.6 Å². The van der Waals surface area contributed by atoms with Gasteiger partial charge in [-0.25, -0.2) is 0 Å². The molecule has 0 heterocycles. The van der Waals surface area contributed by atoms with Gasteiger partial charge in [0.2, 0.25) is 0 Å². The largest absolute Gasteiger partial charge is 0.298 e. The van der Waals surface area contributed by atoms with Crippen LogP contribution in [0, 0.1) is 6.92 Å². The molecule has 2 rings (SSSR count). The lowest BCUT2D eigenvalue weighted by Crippen LogP contribution is -1.82. The topological polar surface area (TPSA) is 17.1 Å². The number of aldehydes is 1. The van der Waals surface area contributed by atoms with E-state index in [1.165, 1.54) is 0 Å². The summed E-state index contributed by atoms with van der Waals surface area (Å²) < 4.78 is 0. The van der Waals surface area contributed by atoms with Crippen LogP contribution < -0.4 is 0 Å². The Morgan fingerprint density at radius 2 is 1.69 bits per heavy atom. The van der Waals surface area contributed by atoms with E-state index in [0.717, 1.165) is 28.0 Å². The van der Waals surface area contributed by atoms with E-state index >= 15 is 0 Å². The molecule has 0 aliphatic rings. The Labute approximate surface area is 99.7 Å². The first-order valence-electron chi connectivity index (χ1n) is 5.02. The van der Waals surface area contributed by atoms with Gasteiger partial charge in [-0.1, -0.05) is 41.9 Å². The van der Waals surface area contributed by atoms with E-state index in [9.17, 15) is 4.79 Å². The highest BCUT2D eigenvalue weighted by Crippen LogP contribution is 2.24. The minimum Gasteiger partial charge on any atom is -0.298 e. The maximum Gasteiger partial charge on any atom is 0.150 e. The first-order chi connectivity index (χ1) is 7.69. The molecule has 80 valence electrons. The highest BCUT2D eigenvalue weighted by molar-refractivity contribution is 6.30. The molecule has 0 bridgehead atoms. The van der Waals surface area contributed by atoms with Crippen molar-refractivity contribution in [2.75, 3.05) is 0 Å². The molecule has 0 aliphatic heterocycles. The lowest BCUT2D eigenvalue weighted by molar-refractivity contribution is 0.112. The lowest BCUT2D eigenvalue weighted by Gasteiger charge is -2.04. The minimum atomic E-state index is 0.683. The number of carbonyl (C=O) groups excluding carboxylic acids is 1. The molecule has 0 saturated heterocycles. The molecule has 0 fully saturated rings. The molecule has 0 N–H and O–H groups in total. The van der Waals surface area contributed by atoms with E-state index in [1.807, 2.05) is 31.2 Å². The molecule has 2 aromatic carbocycles. The van der Waals surface area contributed by atoms with E-state index in [4.69, 9.17) is 11.6 Å². The van der Waals surface area contributed by atoms with Gasteiger partial charge in [0.15, 0.2) is 0 Å². The van der Waals surface area contributed by atoms with Gasteiger partial charge in [-0.3, -0.25) is 4.79 Å². The Bertz CT molecular complexity index is 495. The minimum absolute atomic E-state index is 0.683. The maximum absolute atomic E-state index is 10.5. The van der Waals surface area contributed by atoms with Crippen molar-refractivity contribution in [3.8, 4) is 11.1 Å². The fraction of sp³-hybridized carbons (Fsp3) is 0.0714. The van der Waals surface area contributed by atoms with Gasteiger partial charge in [0.05, 0.1) is 0 Å². The van der Waals surface area contributed by atoms with Crippen molar-refractivity contribution >= 4 is 17.9 Å². The van der Waals surface area contributed by atoms with E-state index in [2.05, 4.69) is 6.07 Å². The van der Waals surface area contributed by atoms with Crippen molar-refractivity contribution in [3.05, 3.63) is 58.6 Å². The zero-order chi connectivity index (χ0) is 11.5. The zero-order valence-corrected chi connectivity index (χ0v) is 9.66. The third kappa shape index (κ3) is 2.31.